The van der Waals surface area contributed by atoms with Crippen LogP contribution in [0.25, 0.3) is 0 Å². The fraction of sp³-hybridized carbons (Fsp3) is 0.409. The molecule has 1 saturated heterocycles. The van der Waals surface area contributed by atoms with E-state index in [1.54, 1.807) is 18.2 Å². The second kappa shape index (κ2) is 10.3. The van der Waals surface area contributed by atoms with Crippen molar-refractivity contribution in [3.05, 3.63) is 70.8 Å². The third-order valence-corrected chi connectivity index (χ3v) is 5.61. The molecule has 2 aromatic rings. The molecule has 3 rings (SSSR count). The van der Waals surface area contributed by atoms with Gasteiger partial charge in [0.2, 0.25) is 0 Å². The lowest BCUT2D eigenvalue weighted by Gasteiger charge is -2.38. The number of hydrogen-bond acceptors (Lipinski definition) is 3. The van der Waals surface area contributed by atoms with E-state index in [0.29, 0.717) is 38.1 Å². The van der Waals surface area contributed by atoms with Gasteiger partial charge in [0.05, 0.1) is 17.7 Å². The van der Waals surface area contributed by atoms with Gasteiger partial charge in [0.25, 0.3) is 0 Å². The number of rotatable bonds is 6. The molecular weight excluding hydrogens is 476 g/mol. The molecule has 4 nitrogen and oxygen atoms in total. The number of ether oxygens (including phenoxy) is 1. The summed E-state index contributed by atoms with van der Waals surface area (Å²) in [5.74, 6) is -1.67. The van der Waals surface area contributed by atoms with Gasteiger partial charge in [-0.25, -0.2) is 4.79 Å². The summed E-state index contributed by atoms with van der Waals surface area (Å²) < 4.78 is 84.7. The van der Waals surface area contributed by atoms with Crippen molar-refractivity contribution in [1.29, 1.82) is 0 Å². The number of hydrogen-bond donors (Lipinski definition) is 2. The SMILES string of the molecule is Cl.O=C(O)C(OCC1(c2ccccc2)CCNCC1)c1cc(C(F)(F)F)cc(C(F)(F)F)c1. The number of halogens is 7. The van der Waals surface area contributed by atoms with Crippen LogP contribution < -0.4 is 5.32 Å². The van der Waals surface area contributed by atoms with Gasteiger partial charge in [0.1, 0.15) is 0 Å². The Bertz CT molecular complexity index is 911. The zero-order valence-corrected chi connectivity index (χ0v) is 18.0. The molecule has 1 aliphatic rings. The van der Waals surface area contributed by atoms with Gasteiger partial charge in [-0.05, 0) is 55.3 Å². The minimum absolute atomic E-state index is 0. The van der Waals surface area contributed by atoms with Crippen LogP contribution in [0.15, 0.2) is 48.5 Å². The molecule has 11 heteroatoms. The van der Waals surface area contributed by atoms with Gasteiger partial charge >= 0.3 is 18.3 Å². The standard InChI is InChI=1S/C22H21F6NO3.ClH/c23-21(24,25)16-10-14(11-17(12-16)22(26,27)28)18(19(30)31)32-13-20(6-8-29-9-7-20)15-4-2-1-3-5-15;/h1-5,10-12,18,29H,6-9,13H2,(H,30,31);1H. The number of benzene rings is 2. The highest BCUT2D eigenvalue weighted by Gasteiger charge is 2.40. The topological polar surface area (TPSA) is 58.6 Å². The van der Waals surface area contributed by atoms with Crippen LogP contribution in [0.4, 0.5) is 26.3 Å². The average Bonchev–Trinajstić information content (AvgIpc) is 2.73. The minimum atomic E-state index is -5.08. The minimum Gasteiger partial charge on any atom is -0.479 e. The molecule has 33 heavy (non-hydrogen) atoms. The van der Waals surface area contributed by atoms with Crippen molar-refractivity contribution in [3.8, 4) is 0 Å². The first-order chi connectivity index (χ1) is 14.9. The van der Waals surface area contributed by atoms with Crippen LogP contribution in [0.3, 0.4) is 0 Å². The van der Waals surface area contributed by atoms with Gasteiger partial charge in [-0.1, -0.05) is 30.3 Å². The van der Waals surface area contributed by atoms with Gasteiger partial charge < -0.3 is 15.2 Å². The van der Waals surface area contributed by atoms with Crippen LogP contribution in [-0.4, -0.2) is 30.8 Å². The molecule has 1 atom stereocenters. The van der Waals surface area contributed by atoms with E-state index < -0.39 is 46.5 Å². The summed E-state index contributed by atoms with van der Waals surface area (Å²) in [5.41, 5.74) is -3.63. The van der Waals surface area contributed by atoms with E-state index >= 15 is 0 Å². The summed E-state index contributed by atoms with van der Waals surface area (Å²) in [4.78, 5) is 11.8. The molecule has 0 aliphatic carbocycles. The lowest BCUT2D eigenvalue weighted by molar-refractivity contribution is -0.153. The van der Waals surface area contributed by atoms with E-state index in [0.717, 1.165) is 5.56 Å². The lowest BCUT2D eigenvalue weighted by Crippen LogP contribution is -2.43. The molecule has 2 aromatic carbocycles. The zero-order valence-electron chi connectivity index (χ0n) is 17.2. The maximum Gasteiger partial charge on any atom is 0.416 e. The second-order valence-electron chi connectivity index (χ2n) is 7.76. The molecule has 0 amide bonds. The van der Waals surface area contributed by atoms with Gasteiger partial charge in [-0.3, -0.25) is 0 Å². The molecule has 0 saturated carbocycles. The lowest BCUT2D eigenvalue weighted by atomic mass is 9.74. The van der Waals surface area contributed by atoms with E-state index in [1.165, 1.54) is 0 Å². The number of alkyl halides is 6. The fourth-order valence-electron chi connectivity index (χ4n) is 3.90. The highest BCUT2D eigenvalue weighted by molar-refractivity contribution is 5.85. The van der Waals surface area contributed by atoms with Crippen LogP contribution in [0.2, 0.25) is 0 Å². The van der Waals surface area contributed by atoms with Gasteiger partial charge in [-0.15, -0.1) is 12.4 Å². The Hall–Kier alpha value is -2.30. The Balaban J connectivity index is 0.00000385. The molecule has 2 N–H and O–H groups in total. The van der Waals surface area contributed by atoms with Gasteiger partial charge in [-0.2, -0.15) is 26.3 Å². The monoisotopic (exact) mass is 497 g/mol. The molecule has 0 aromatic heterocycles. The molecule has 0 spiro atoms. The molecule has 1 unspecified atom stereocenters. The molecule has 0 radical (unpaired) electrons. The largest absolute Gasteiger partial charge is 0.479 e. The van der Waals surface area contributed by atoms with Crippen LogP contribution in [0, 0.1) is 0 Å². The third-order valence-electron chi connectivity index (χ3n) is 5.61. The summed E-state index contributed by atoms with van der Waals surface area (Å²) >= 11 is 0. The maximum atomic E-state index is 13.2. The van der Waals surface area contributed by atoms with Crippen molar-refractivity contribution in [1.82, 2.24) is 5.32 Å². The van der Waals surface area contributed by atoms with Crippen molar-refractivity contribution in [2.45, 2.75) is 36.7 Å². The Morgan fingerprint density at radius 1 is 0.970 bits per heavy atom. The Labute approximate surface area is 192 Å². The molecule has 0 bridgehead atoms. The molecule has 1 heterocycles. The number of carboxylic acid groups (broad SMARTS) is 1. The van der Waals surface area contributed by atoms with Crippen molar-refractivity contribution in [3.63, 3.8) is 0 Å². The average molecular weight is 498 g/mol. The van der Waals surface area contributed by atoms with E-state index in [-0.39, 0.29) is 25.1 Å². The van der Waals surface area contributed by atoms with E-state index in [9.17, 15) is 36.2 Å². The first-order valence-electron chi connectivity index (χ1n) is 9.82. The Morgan fingerprint density at radius 3 is 1.94 bits per heavy atom. The normalized spacial score (nSPS) is 17.2. The van der Waals surface area contributed by atoms with Crippen molar-refractivity contribution < 1.29 is 41.0 Å². The van der Waals surface area contributed by atoms with Gasteiger partial charge in [0, 0.05) is 5.41 Å². The van der Waals surface area contributed by atoms with Gasteiger partial charge in [0.15, 0.2) is 6.10 Å². The highest BCUT2D eigenvalue weighted by atomic mass is 35.5. The smallest absolute Gasteiger partial charge is 0.416 e. The Kier molecular flexibility index (Phi) is 8.42. The second-order valence-corrected chi connectivity index (χ2v) is 7.76. The number of carbonyl (C=O) groups is 1. The summed E-state index contributed by atoms with van der Waals surface area (Å²) in [7, 11) is 0. The van der Waals surface area contributed by atoms with Crippen LogP contribution in [0.1, 0.15) is 41.2 Å². The van der Waals surface area contributed by atoms with Crippen LogP contribution in [-0.2, 0) is 27.3 Å². The highest BCUT2D eigenvalue weighted by Crippen LogP contribution is 2.39. The van der Waals surface area contributed by atoms with E-state index in [1.807, 2.05) is 12.1 Å². The first kappa shape index (κ1) is 26.9. The summed E-state index contributed by atoms with van der Waals surface area (Å²) in [5, 5.41) is 12.8. The molecule has 1 fully saturated rings. The number of piperidine rings is 1. The van der Waals surface area contributed by atoms with Crippen molar-refractivity contribution in [2.24, 2.45) is 0 Å². The van der Waals surface area contributed by atoms with Crippen LogP contribution in [0.5, 0.6) is 0 Å². The van der Waals surface area contributed by atoms with Crippen molar-refractivity contribution >= 4 is 18.4 Å². The summed E-state index contributed by atoms with van der Waals surface area (Å²) in [6.45, 7) is 1.04. The quantitative estimate of drug-likeness (QED) is 0.509. The first-order valence-corrected chi connectivity index (χ1v) is 9.82. The van der Waals surface area contributed by atoms with E-state index in [4.69, 9.17) is 4.74 Å². The van der Waals surface area contributed by atoms with Crippen LogP contribution >= 0.6 is 12.4 Å². The zero-order chi connectivity index (χ0) is 23.6. The van der Waals surface area contributed by atoms with Crippen molar-refractivity contribution in [2.75, 3.05) is 19.7 Å². The molecule has 1 aliphatic heterocycles. The molecule has 182 valence electrons. The maximum absolute atomic E-state index is 13.2. The van der Waals surface area contributed by atoms with E-state index in [2.05, 4.69) is 5.32 Å². The summed E-state index contributed by atoms with van der Waals surface area (Å²) in [6, 6.07) is 9.85. The predicted molar refractivity (Wildman–Crippen MR) is 110 cm³/mol. The Morgan fingerprint density at radius 2 is 1.48 bits per heavy atom. The third kappa shape index (κ3) is 6.39. The number of nitrogens with one attached hydrogen (secondary N) is 1. The molecular formula is C22H22ClF6NO3. The summed E-state index contributed by atoms with van der Waals surface area (Å²) in [6.07, 6.45) is -11.0. The predicted octanol–water partition coefficient (Wildman–Crippen LogP) is 5.61. The number of carboxylic acids is 1. The number of aliphatic carboxylic acids is 1. The fourth-order valence-corrected chi connectivity index (χ4v) is 3.90.